The Bertz CT molecular complexity index is 959. The largest absolute Gasteiger partial charge is 0.325 e. The number of hydrogen-bond acceptors (Lipinski definition) is 6. The molecule has 138 valence electrons. The first-order valence-electron chi connectivity index (χ1n) is 8.14. The van der Waals surface area contributed by atoms with Gasteiger partial charge in [-0.3, -0.25) is 20.0 Å². The second-order valence-corrected chi connectivity index (χ2v) is 6.76. The van der Waals surface area contributed by atoms with Crippen LogP contribution in [0.3, 0.4) is 0 Å². The Morgan fingerprint density at radius 1 is 1.26 bits per heavy atom. The van der Waals surface area contributed by atoms with E-state index in [1.54, 1.807) is 19.1 Å². The van der Waals surface area contributed by atoms with E-state index in [4.69, 9.17) is 0 Å². The molecule has 0 spiro atoms. The maximum absolute atomic E-state index is 12.1. The quantitative estimate of drug-likeness (QED) is 0.367. The Morgan fingerprint density at radius 2 is 2.04 bits per heavy atom. The van der Waals surface area contributed by atoms with E-state index >= 15 is 0 Å². The summed E-state index contributed by atoms with van der Waals surface area (Å²) >= 11 is 1.19. The summed E-state index contributed by atoms with van der Waals surface area (Å²) in [4.78, 5) is 26.9. The van der Waals surface area contributed by atoms with Gasteiger partial charge in [0.2, 0.25) is 11.1 Å². The average Bonchev–Trinajstić information content (AvgIpc) is 3.09. The number of rotatable bonds is 7. The normalized spacial score (nSPS) is 10.6. The second-order valence-electron chi connectivity index (χ2n) is 5.82. The van der Waals surface area contributed by atoms with Crippen LogP contribution >= 0.6 is 11.8 Å². The molecular weight excluding hydrogens is 366 g/mol. The molecular formula is C18H17N5O3S. The average molecular weight is 383 g/mol. The summed E-state index contributed by atoms with van der Waals surface area (Å²) in [5.41, 5.74) is 2.01. The third-order valence-corrected chi connectivity index (χ3v) is 4.59. The Morgan fingerprint density at radius 3 is 2.78 bits per heavy atom. The fourth-order valence-corrected chi connectivity index (χ4v) is 3.04. The molecule has 0 fully saturated rings. The molecule has 0 atom stereocenters. The van der Waals surface area contributed by atoms with Crippen LogP contribution < -0.4 is 5.32 Å². The van der Waals surface area contributed by atoms with Crippen molar-refractivity contribution in [2.24, 2.45) is 0 Å². The minimum atomic E-state index is -0.471. The van der Waals surface area contributed by atoms with Crippen molar-refractivity contribution in [1.29, 1.82) is 0 Å². The number of nitro groups is 1. The maximum Gasteiger partial charge on any atom is 0.274 e. The number of aromatic amines is 1. The molecule has 3 rings (SSSR count). The van der Waals surface area contributed by atoms with Crippen molar-refractivity contribution in [3.63, 3.8) is 0 Å². The van der Waals surface area contributed by atoms with Crippen molar-refractivity contribution in [3.05, 3.63) is 75.6 Å². The van der Waals surface area contributed by atoms with E-state index < -0.39 is 4.92 Å². The third-order valence-electron chi connectivity index (χ3n) is 3.75. The van der Waals surface area contributed by atoms with Crippen LogP contribution in [0.5, 0.6) is 0 Å². The molecule has 0 saturated carbocycles. The number of carbonyl (C=O) groups is 1. The Labute approximate surface area is 159 Å². The van der Waals surface area contributed by atoms with Crippen LogP contribution in [0.15, 0.2) is 53.7 Å². The smallest absolute Gasteiger partial charge is 0.274 e. The lowest BCUT2D eigenvalue weighted by atomic mass is 10.1. The molecule has 1 aromatic heterocycles. The standard InChI is InChI=1S/C18H17N5O3S/c1-12-7-8-14(10-15(12)23(25)26)19-17(24)11-27-18-20-16(21-22-18)9-13-5-3-2-4-6-13/h2-8,10H,9,11H2,1H3,(H,19,24)(H,20,21,22). The van der Waals surface area contributed by atoms with Crippen LogP contribution in [0.4, 0.5) is 11.4 Å². The van der Waals surface area contributed by atoms with Crippen molar-refractivity contribution in [3.8, 4) is 0 Å². The van der Waals surface area contributed by atoms with Crippen molar-refractivity contribution >= 4 is 29.0 Å². The number of benzene rings is 2. The highest BCUT2D eigenvalue weighted by Crippen LogP contribution is 2.22. The molecule has 27 heavy (non-hydrogen) atoms. The summed E-state index contributed by atoms with van der Waals surface area (Å²) in [5, 5.41) is 21.1. The van der Waals surface area contributed by atoms with Gasteiger partial charge in [0.1, 0.15) is 5.82 Å². The zero-order valence-corrected chi connectivity index (χ0v) is 15.3. The molecule has 0 aliphatic carbocycles. The van der Waals surface area contributed by atoms with Crippen molar-refractivity contribution < 1.29 is 9.72 Å². The summed E-state index contributed by atoms with van der Waals surface area (Å²) in [6.45, 7) is 1.65. The van der Waals surface area contributed by atoms with E-state index in [1.165, 1.54) is 17.8 Å². The van der Waals surface area contributed by atoms with Gasteiger partial charge in [-0.1, -0.05) is 48.2 Å². The third kappa shape index (κ3) is 5.14. The van der Waals surface area contributed by atoms with Gasteiger partial charge in [-0.25, -0.2) is 4.98 Å². The summed E-state index contributed by atoms with van der Waals surface area (Å²) < 4.78 is 0. The van der Waals surface area contributed by atoms with Crippen molar-refractivity contribution in [2.45, 2.75) is 18.5 Å². The summed E-state index contributed by atoms with van der Waals surface area (Å²) in [7, 11) is 0. The van der Waals surface area contributed by atoms with Gasteiger partial charge in [0.15, 0.2) is 0 Å². The first-order valence-corrected chi connectivity index (χ1v) is 9.13. The number of H-pyrrole nitrogens is 1. The van der Waals surface area contributed by atoms with E-state index in [1.807, 2.05) is 30.3 Å². The number of nitro benzene ring substituents is 1. The van der Waals surface area contributed by atoms with Crippen molar-refractivity contribution in [1.82, 2.24) is 15.2 Å². The minimum Gasteiger partial charge on any atom is -0.325 e. The first-order chi connectivity index (χ1) is 13.0. The number of nitrogens with zero attached hydrogens (tertiary/aromatic N) is 3. The summed E-state index contributed by atoms with van der Waals surface area (Å²) in [6.07, 6.45) is 0.633. The minimum absolute atomic E-state index is 0.0278. The molecule has 0 unspecified atom stereocenters. The molecule has 2 aromatic carbocycles. The Hall–Kier alpha value is -3.20. The van der Waals surface area contributed by atoms with Gasteiger partial charge >= 0.3 is 0 Å². The molecule has 2 N–H and O–H groups in total. The van der Waals surface area contributed by atoms with Gasteiger partial charge in [0.05, 0.1) is 10.7 Å². The van der Waals surface area contributed by atoms with Crippen molar-refractivity contribution in [2.75, 3.05) is 11.1 Å². The molecule has 0 aliphatic heterocycles. The number of aromatic nitrogens is 3. The molecule has 1 amide bonds. The number of thioether (sulfide) groups is 1. The van der Waals surface area contributed by atoms with Gasteiger partial charge in [0, 0.05) is 23.7 Å². The van der Waals surface area contributed by atoms with Crippen LogP contribution in [-0.4, -0.2) is 31.8 Å². The van der Waals surface area contributed by atoms with Crippen LogP contribution in [0.25, 0.3) is 0 Å². The first kappa shape index (κ1) is 18.6. The molecule has 3 aromatic rings. The van der Waals surface area contributed by atoms with E-state index in [0.717, 1.165) is 11.4 Å². The molecule has 8 nitrogen and oxygen atoms in total. The topological polar surface area (TPSA) is 114 Å². The highest BCUT2D eigenvalue weighted by Gasteiger charge is 2.13. The lowest BCUT2D eigenvalue weighted by Gasteiger charge is -2.05. The van der Waals surface area contributed by atoms with Crippen LogP contribution in [-0.2, 0) is 11.2 Å². The highest BCUT2D eigenvalue weighted by atomic mass is 32.2. The van der Waals surface area contributed by atoms with E-state index in [2.05, 4.69) is 20.5 Å². The second kappa shape index (κ2) is 8.45. The lowest BCUT2D eigenvalue weighted by Crippen LogP contribution is -2.14. The molecule has 0 radical (unpaired) electrons. The van der Waals surface area contributed by atoms with Gasteiger partial charge in [-0.2, -0.15) is 0 Å². The number of amides is 1. The van der Waals surface area contributed by atoms with Crippen LogP contribution in [0.1, 0.15) is 17.0 Å². The molecule has 0 saturated heterocycles. The van der Waals surface area contributed by atoms with Gasteiger partial charge < -0.3 is 5.32 Å². The monoisotopic (exact) mass is 383 g/mol. The number of hydrogen-bond donors (Lipinski definition) is 2. The fraction of sp³-hybridized carbons (Fsp3) is 0.167. The predicted molar refractivity (Wildman–Crippen MR) is 103 cm³/mol. The van der Waals surface area contributed by atoms with Crippen LogP contribution in [0, 0.1) is 17.0 Å². The SMILES string of the molecule is Cc1ccc(NC(=O)CSc2n[nH]c(Cc3ccccc3)n2)cc1[N+](=O)[O-]. The maximum atomic E-state index is 12.1. The number of aryl methyl sites for hydroxylation is 1. The zero-order valence-electron chi connectivity index (χ0n) is 14.5. The van der Waals surface area contributed by atoms with E-state index in [-0.39, 0.29) is 17.3 Å². The summed E-state index contributed by atoms with van der Waals surface area (Å²) in [5.74, 6) is 0.537. The fourth-order valence-electron chi connectivity index (χ4n) is 2.42. The summed E-state index contributed by atoms with van der Waals surface area (Å²) in [6, 6.07) is 14.5. The van der Waals surface area contributed by atoms with E-state index in [9.17, 15) is 14.9 Å². The van der Waals surface area contributed by atoms with E-state index in [0.29, 0.717) is 22.8 Å². The number of carbonyl (C=O) groups excluding carboxylic acids is 1. The molecule has 0 aliphatic rings. The predicted octanol–water partition coefficient (Wildman–Crippen LogP) is 3.34. The molecule has 1 heterocycles. The number of nitrogens with one attached hydrogen (secondary N) is 2. The number of anilines is 1. The molecule has 0 bridgehead atoms. The Balaban J connectivity index is 1.54. The molecule has 9 heteroatoms. The van der Waals surface area contributed by atoms with Gasteiger partial charge in [-0.15, -0.1) is 5.10 Å². The Kier molecular flexibility index (Phi) is 5.82. The zero-order chi connectivity index (χ0) is 19.2. The van der Waals surface area contributed by atoms with Gasteiger partial charge in [-0.05, 0) is 18.6 Å². The van der Waals surface area contributed by atoms with Gasteiger partial charge in [0.25, 0.3) is 5.69 Å². The lowest BCUT2D eigenvalue weighted by molar-refractivity contribution is -0.385. The van der Waals surface area contributed by atoms with Crippen LogP contribution in [0.2, 0.25) is 0 Å². The highest BCUT2D eigenvalue weighted by molar-refractivity contribution is 7.99.